The van der Waals surface area contributed by atoms with Crippen LogP contribution in [0.3, 0.4) is 0 Å². The molecule has 3 aromatic rings. The molecule has 0 atom stereocenters. The zero-order valence-corrected chi connectivity index (χ0v) is 16.3. The van der Waals surface area contributed by atoms with E-state index < -0.39 is 0 Å². The third-order valence-electron chi connectivity index (χ3n) is 3.82. The van der Waals surface area contributed by atoms with Gasteiger partial charge in [0.2, 0.25) is 0 Å². The van der Waals surface area contributed by atoms with Crippen LogP contribution in [0.1, 0.15) is 11.4 Å². The first-order valence-corrected chi connectivity index (χ1v) is 8.69. The molecule has 0 aliphatic carbocycles. The number of hydrogen-bond donors (Lipinski definition) is 3. The van der Waals surface area contributed by atoms with Crippen LogP contribution in [0.4, 0.5) is 5.69 Å². The highest BCUT2D eigenvalue weighted by atomic mass is 79.9. The first-order valence-electron chi connectivity index (χ1n) is 7.36. The summed E-state index contributed by atoms with van der Waals surface area (Å²) in [6.45, 7) is 2.07. The van der Waals surface area contributed by atoms with Crippen molar-refractivity contribution in [2.75, 3.05) is 5.32 Å². The first-order chi connectivity index (χ1) is 11.2. The Kier molecular flexibility index (Phi) is 5.08. The van der Waals surface area contributed by atoms with Crippen molar-refractivity contribution < 1.29 is 21.5 Å². The van der Waals surface area contributed by atoms with Crippen LogP contribution in [0.5, 0.6) is 0 Å². The minimum Gasteiger partial charge on any atom is -1.00 e. The molecule has 0 saturated carbocycles. The minimum absolute atomic E-state index is 0. The SMILES string of the molecule is Cc1[nH]c(S)[n+](-c2ccccc2)c1C1=CSc2ccccc2N1.[Br-]. The number of aryl methyl sites for hydroxylation is 1. The lowest BCUT2D eigenvalue weighted by atomic mass is 10.2. The van der Waals surface area contributed by atoms with E-state index in [0.717, 1.165) is 33.6 Å². The van der Waals surface area contributed by atoms with Crippen LogP contribution in [-0.2, 0) is 0 Å². The minimum atomic E-state index is 0. The standard InChI is InChI=1S/C18H15N3S2.BrH/c1-12-17(15-11-23-16-10-6-5-9-14(16)20-15)21(18(22)19-12)13-7-3-2-4-8-13;/h2-11,20H,1H3,(H,19,22);1H. The second-order valence-corrected chi connectivity index (χ2v) is 6.70. The van der Waals surface area contributed by atoms with Crippen molar-refractivity contribution in [1.82, 2.24) is 4.98 Å². The normalized spacial score (nSPS) is 12.7. The Balaban J connectivity index is 0.00000169. The number of benzene rings is 2. The molecule has 0 saturated heterocycles. The summed E-state index contributed by atoms with van der Waals surface area (Å²) in [6.07, 6.45) is 0. The molecule has 1 aliphatic rings. The predicted molar refractivity (Wildman–Crippen MR) is 98.2 cm³/mol. The topological polar surface area (TPSA) is 31.7 Å². The first kappa shape index (κ1) is 17.2. The summed E-state index contributed by atoms with van der Waals surface area (Å²) in [5.74, 6) is 0. The monoisotopic (exact) mass is 417 g/mol. The smallest absolute Gasteiger partial charge is 0.318 e. The quantitative estimate of drug-likeness (QED) is 0.435. The maximum atomic E-state index is 4.62. The molecule has 1 aliphatic heterocycles. The number of imidazole rings is 1. The van der Waals surface area contributed by atoms with Crippen LogP contribution in [0.15, 0.2) is 70.1 Å². The molecule has 1 aromatic heterocycles. The Morgan fingerprint density at radius 3 is 2.50 bits per heavy atom. The van der Waals surface area contributed by atoms with Gasteiger partial charge >= 0.3 is 5.16 Å². The Bertz CT molecular complexity index is 904. The van der Waals surface area contributed by atoms with Gasteiger partial charge in [0.15, 0.2) is 5.69 Å². The number of nitrogens with zero attached hydrogens (tertiary/aromatic N) is 1. The average molecular weight is 418 g/mol. The van der Waals surface area contributed by atoms with E-state index in [1.807, 2.05) is 18.2 Å². The van der Waals surface area contributed by atoms with Gasteiger partial charge in [0.1, 0.15) is 11.4 Å². The Morgan fingerprint density at radius 1 is 1.00 bits per heavy atom. The van der Waals surface area contributed by atoms with E-state index in [-0.39, 0.29) is 17.0 Å². The second-order valence-electron chi connectivity index (χ2n) is 5.36. The number of thiol groups is 1. The molecular formula is C18H16BrN3S2. The fourth-order valence-electron chi connectivity index (χ4n) is 2.79. The van der Waals surface area contributed by atoms with Gasteiger partial charge in [0.25, 0.3) is 0 Å². The van der Waals surface area contributed by atoms with Gasteiger partial charge in [-0.3, -0.25) is 0 Å². The highest BCUT2D eigenvalue weighted by Gasteiger charge is 2.26. The van der Waals surface area contributed by atoms with Crippen LogP contribution in [0, 0.1) is 6.92 Å². The summed E-state index contributed by atoms with van der Waals surface area (Å²) >= 11 is 6.36. The van der Waals surface area contributed by atoms with E-state index in [2.05, 4.69) is 76.2 Å². The molecule has 24 heavy (non-hydrogen) atoms. The van der Waals surface area contributed by atoms with Gasteiger partial charge in [0, 0.05) is 17.2 Å². The van der Waals surface area contributed by atoms with Gasteiger partial charge in [-0.15, -0.1) is 0 Å². The average Bonchev–Trinajstić information content (AvgIpc) is 2.89. The number of anilines is 1. The van der Waals surface area contributed by atoms with Gasteiger partial charge in [-0.05, 0) is 24.3 Å². The number of rotatable bonds is 2. The molecule has 2 aromatic carbocycles. The third kappa shape index (κ3) is 3.01. The summed E-state index contributed by atoms with van der Waals surface area (Å²) < 4.78 is 2.13. The van der Waals surface area contributed by atoms with Crippen molar-refractivity contribution in [2.45, 2.75) is 17.0 Å². The number of H-pyrrole nitrogens is 1. The number of thioether (sulfide) groups is 1. The zero-order valence-electron chi connectivity index (χ0n) is 13.0. The van der Waals surface area contributed by atoms with Gasteiger partial charge in [-0.2, -0.15) is 4.57 Å². The van der Waals surface area contributed by atoms with E-state index >= 15 is 0 Å². The molecule has 0 unspecified atom stereocenters. The molecule has 4 rings (SSSR count). The lowest BCUT2D eigenvalue weighted by molar-refractivity contribution is -0.637. The highest BCUT2D eigenvalue weighted by molar-refractivity contribution is 8.02. The summed E-state index contributed by atoms with van der Waals surface area (Å²) in [4.78, 5) is 4.57. The maximum Gasteiger partial charge on any atom is 0.318 e. The Hall–Kier alpha value is -1.63. The largest absolute Gasteiger partial charge is 1.00 e. The van der Waals surface area contributed by atoms with Crippen molar-refractivity contribution in [3.8, 4) is 5.69 Å². The maximum absolute atomic E-state index is 4.62. The van der Waals surface area contributed by atoms with E-state index in [4.69, 9.17) is 0 Å². The third-order valence-corrected chi connectivity index (χ3v) is 5.09. The summed E-state index contributed by atoms with van der Waals surface area (Å²) in [7, 11) is 0. The Labute approximate surface area is 161 Å². The van der Waals surface area contributed by atoms with Gasteiger partial charge < -0.3 is 22.3 Å². The van der Waals surface area contributed by atoms with Crippen LogP contribution < -0.4 is 26.9 Å². The van der Waals surface area contributed by atoms with Crippen molar-refractivity contribution >= 4 is 35.8 Å². The molecule has 0 bridgehead atoms. The molecule has 2 heterocycles. The van der Waals surface area contributed by atoms with E-state index in [0.29, 0.717) is 0 Å². The zero-order chi connectivity index (χ0) is 15.8. The van der Waals surface area contributed by atoms with Crippen LogP contribution >= 0.6 is 24.4 Å². The summed E-state index contributed by atoms with van der Waals surface area (Å²) in [5.41, 5.74) is 5.48. The van der Waals surface area contributed by atoms with Crippen LogP contribution in [-0.4, -0.2) is 4.98 Å². The number of nitrogens with one attached hydrogen (secondary N) is 2. The van der Waals surface area contributed by atoms with Crippen molar-refractivity contribution in [2.24, 2.45) is 0 Å². The van der Waals surface area contributed by atoms with E-state index in [1.54, 1.807) is 11.8 Å². The highest BCUT2D eigenvalue weighted by Crippen LogP contribution is 2.37. The summed E-state index contributed by atoms with van der Waals surface area (Å²) in [5, 5.41) is 6.52. The number of fused-ring (bicyclic) bond motifs is 1. The molecule has 6 heteroatoms. The number of aromatic nitrogens is 2. The van der Waals surface area contributed by atoms with Crippen LogP contribution in [0.2, 0.25) is 0 Å². The number of halogens is 1. The molecular weight excluding hydrogens is 402 g/mol. The van der Waals surface area contributed by atoms with Crippen molar-refractivity contribution in [3.63, 3.8) is 0 Å². The Morgan fingerprint density at radius 2 is 1.71 bits per heavy atom. The van der Waals surface area contributed by atoms with E-state index in [1.165, 1.54) is 4.90 Å². The number of hydrogen-bond acceptors (Lipinski definition) is 3. The molecule has 3 nitrogen and oxygen atoms in total. The lowest BCUT2D eigenvalue weighted by Crippen LogP contribution is -3.00. The van der Waals surface area contributed by atoms with Crippen molar-refractivity contribution in [3.05, 3.63) is 71.4 Å². The fraction of sp³-hybridized carbons (Fsp3) is 0.0556. The number of para-hydroxylation sites is 2. The predicted octanol–water partition coefficient (Wildman–Crippen LogP) is 1.41. The number of aromatic amines is 1. The summed E-state index contributed by atoms with van der Waals surface area (Å²) in [6, 6.07) is 18.6. The molecule has 122 valence electrons. The fourth-order valence-corrected chi connectivity index (χ4v) is 3.99. The molecule has 2 N–H and O–H groups in total. The van der Waals surface area contributed by atoms with Crippen LogP contribution in [0.25, 0.3) is 11.4 Å². The van der Waals surface area contributed by atoms with Gasteiger partial charge in [-0.25, -0.2) is 4.98 Å². The molecule has 0 spiro atoms. The molecule has 0 fully saturated rings. The second kappa shape index (κ2) is 7.09. The molecule has 0 radical (unpaired) electrons. The van der Waals surface area contributed by atoms with E-state index in [9.17, 15) is 0 Å². The van der Waals surface area contributed by atoms with Crippen molar-refractivity contribution in [1.29, 1.82) is 0 Å². The van der Waals surface area contributed by atoms with Gasteiger partial charge in [-0.1, -0.05) is 54.7 Å². The lowest BCUT2D eigenvalue weighted by Gasteiger charge is -2.18. The molecule has 0 amide bonds. The van der Waals surface area contributed by atoms with Gasteiger partial charge in [0.05, 0.1) is 11.4 Å².